The molecule has 3 unspecified atom stereocenters. The molecule has 11 heteroatoms. The third-order valence-electron chi connectivity index (χ3n) is 6.36. The first-order valence-corrected chi connectivity index (χ1v) is 13.7. The second-order valence-corrected chi connectivity index (χ2v) is 11.6. The molecule has 1 aliphatic heterocycles. The van der Waals surface area contributed by atoms with Crippen molar-refractivity contribution in [1.82, 2.24) is 19.5 Å². The Morgan fingerprint density at radius 3 is 2.47 bits per heavy atom. The van der Waals surface area contributed by atoms with Crippen molar-refractivity contribution < 1.29 is 13.2 Å². The number of sulfonamides is 1. The van der Waals surface area contributed by atoms with E-state index in [9.17, 15) is 13.2 Å². The number of carbonyl (C=O) groups is 1. The summed E-state index contributed by atoms with van der Waals surface area (Å²) in [5, 5.41) is 5.31. The summed E-state index contributed by atoms with van der Waals surface area (Å²) < 4.78 is 27.8. The summed E-state index contributed by atoms with van der Waals surface area (Å²) in [5.74, 6) is 0. The van der Waals surface area contributed by atoms with Gasteiger partial charge >= 0.3 is 6.03 Å². The lowest BCUT2D eigenvalue weighted by Gasteiger charge is -2.43. The minimum atomic E-state index is -3.62. The molecular weight excluding hydrogens is 497 g/mol. The van der Waals surface area contributed by atoms with Gasteiger partial charge in [-0.25, -0.2) is 13.2 Å². The Morgan fingerprint density at radius 2 is 1.79 bits per heavy atom. The van der Waals surface area contributed by atoms with Crippen LogP contribution in [0.2, 0.25) is 0 Å². The largest absolute Gasteiger partial charge is 0.334 e. The topological polar surface area (TPSA) is 94.6 Å². The zero-order chi connectivity index (χ0) is 24.1. The molecule has 1 saturated carbocycles. The number of urea groups is 1. The number of benzene rings is 1. The standard InChI is InChI=1S/C23H29Cl2N5O3S/c24-20-4-1-5-21(22(20)25)29-11-13-30(14-12-29)34(32,33)19-8-6-18(7-9-19)28-23(31)27-16-17-3-2-10-26-15-17/h2-3,6-10,15,20-22H,1,4-5,11-14,16H2,(H2,27,28,31). The van der Waals surface area contributed by atoms with E-state index in [0.717, 1.165) is 24.8 Å². The molecule has 3 atom stereocenters. The van der Waals surface area contributed by atoms with Crippen LogP contribution < -0.4 is 10.6 Å². The number of nitrogens with zero attached hydrogens (tertiary/aromatic N) is 3. The van der Waals surface area contributed by atoms with Crippen LogP contribution in [0.5, 0.6) is 0 Å². The van der Waals surface area contributed by atoms with E-state index >= 15 is 0 Å². The second-order valence-electron chi connectivity index (χ2n) is 8.59. The highest BCUT2D eigenvalue weighted by Gasteiger charge is 2.37. The number of carbonyl (C=O) groups excluding carboxylic acids is 1. The lowest BCUT2D eigenvalue weighted by molar-refractivity contribution is 0.115. The molecule has 1 aromatic carbocycles. The molecule has 1 aliphatic carbocycles. The number of rotatable bonds is 6. The fraction of sp³-hybridized carbons (Fsp3) is 0.478. The lowest BCUT2D eigenvalue weighted by atomic mass is 9.93. The number of piperazine rings is 1. The summed E-state index contributed by atoms with van der Waals surface area (Å²) in [4.78, 5) is 18.6. The molecule has 8 nitrogen and oxygen atoms in total. The van der Waals surface area contributed by atoms with Crippen molar-refractivity contribution >= 4 is 44.9 Å². The molecule has 0 spiro atoms. The van der Waals surface area contributed by atoms with E-state index in [4.69, 9.17) is 23.2 Å². The Bertz CT molecular complexity index is 1060. The van der Waals surface area contributed by atoms with E-state index in [2.05, 4.69) is 20.5 Å². The van der Waals surface area contributed by atoms with Gasteiger partial charge in [-0.3, -0.25) is 9.88 Å². The van der Waals surface area contributed by atoms with Gasteiger partial charge in [-0.05, 0) is 48.7 Å². The number of pyridine rings is 1. The molecule has 1 saturated heterocycles. The van der Waals surface area contributed by atoms with Gasteiger partial charge in [0.25, 0.3) is 0 Å². The molecule has 0 bridgehead atoms. The third-order valence-corrected chi connectivity index (χ3v) is 9.49. The van der Waals surface area contributed by atoms with Crippen molar-refractivity contribution in [2.45, 2.75) is 47.5 Å². The Labute approximate surface area is 210 Å². The average Bonchev–Trinajstić information content (AvgIpc) is 2.85. The van der Waals surface area contributed by atoms with Crippen LogP contribution in [0.25, 0.3) is 0 Å². The van der Waals surface area contributed by atoms with E-state index in [0.29, 0.717) is 38.4 Å². The highest BCUT2D eigenvalue weighted by molar-refractivity contribution is 7.89. The van der Waals surface area contributed by atoms with Crippen molar-refractivity contribution in [2.75, 3.05) is 31.5 Å². The summed E-state index contributed by atoms with van der Waals surface area (Å²) in [6.07, 6.45) is 6.31. The van der Waals surface area contributed by atoms with Crippen molar-refractivity contribution in [1.29, 1.82) is 0 Å². The maximum atomic E-state index is 13.1. The molecule has 1 aromatic heterocycles. The van der Waals surface area contributed by atoms with E-state index in [1.165, 1.54) is 16.4 Å². The number of anilines is 1. The van der Waals surface area contributed by atoms with Crippen molar-refractivity contribution in [3.8, 4) is 0 Å². The summed E-state index contributed by atoms with van der Waals surface area (Å²) in [6, 6.07) is 9.70. The Kier molecular flexibility index (Phi) is 8.31. The SMILES string of the molecule is O=C(NCc1cccnc1)Nc1ccc(S(=O)(=O)N2CCN(C3CCCC(Cl)C3Cl)CC2)cc1. The van der Waals surface area contributed by atoms with E-state index in [1.807, 2.05) is 6.07 Å². The van der Waals surface area contributed by atoms with Gasteiger partial charge in [-0.2, -0.15) is 4.31 Å². The van der Waals surface area contributed by atoms with Gasteiger partial charge < -0.3 is 10.6 Å². The van der Waals surface area contributed by atoms with Crippen molar-refractivity contribution in [3.63, 3.8) is 0 Å². The number of amides is 2. The van der Waals surface area contributed by atoms with Crippen LogP contribution in [0.1, 0.15) is 24.8 Å². The summed E-state index contributed by atoms with van der Waals surface area (Å²) in [7, 11) is -3.62. The smallest absolute Gasteiger partial charge is 0.319 e. The van der Waals surface area contributed by atoms with Gasteiger partial charge in [-0.15, -0.1) is 23.2 Å². The zero-order valence-electron chi connectivity index (χ0n) is 18.7. The van der Waals surface area contributed by atoms with E-state index < -0.39 is 10.0 Å². The van der Waals surface area contributed by atoms with Gasteiger partial charge in [0, 0.05) is 56.8 Å². The number of halogens is 2. The minimum Gasteiger partial charge on any atom is -0.334 e. The van der Waals surface area contributed by atoms with Crippen LogP contribution in [0.4, 0.5) is 10.5 Å². The maximum Gasteiger partial charge on any atom is 0.319 e. The van der Waals surface area contributed by atoms with Crippen LogP contribution in [-0.4, -0.2) is 71.6 Å². The fourth-order valence-electron chi connectivity index (χ4n) is 4.46. The average molecular weight is 526 g/mol. The molecule has 2 fully saturated rings. The Balaban J connectivity index is 1.30. The second kappa shape index (κ2) is 11.2. The number of hydrogen-bond donors (Lipinski definition) is 2. The molecule has 2 aromatic rings. The fourth-order valence-corrected chi connectivity index (χ4v) is 6.62. The predicted octanol–water partition coefficient (Wildman–Crippen LogP) is 3.48. The molecule has 2 heterocycles. The Hall–Kier alpha value is -1.91. The first kappa shape index (κ1) is 25.2. The number of aromatic nitrogens is 1. The van der Waals surface area contributed by atoms with Crippen molar-refractivity contribution in [3.05, 3.63) is 54.4 Å². The van der Waals surface area contributed by atoms with Gasteiger partial charge in [-0.1, -0.05) is 12.5 Å². The van der Waals surface area contributed by atoms with Crippen LogP contribution >= 0.6 is 23.2 Å². The normalized spacial score (nSPS) is 24.5. The summed E-state index contributed by atoms with van der Waals surface area (Å²) >= 11 is 12.9. The van der Waals surface area contributed by atoms with E-state index in [1.54, 1.807) is 30.6 Å². The number of nitrogens with one attached hydrogen (secondary N) is 2. The summed E-state index contributed by atoms with van der Waals surface area (Å²) in [6.45, 7) is 2.42. The van der Waals surface area contributed by atoms with Crippen LogP contribution in [0.3, 0.4) is 0 Å². The molecule has 2 amide bonds. The van der Waals surface area contributed by atoms with Crippen LogP contribution in [0, 0.1) is 0 Å². The Morgan fingerprint density at radius 1 is 1.06 bits per heavy atom. The summed E-state index contributed by atoms with van der Waals surface area (Å²) in [5.41, 5.74) is 1.39. The maximum absolute atomic E-state index is 13.1. The molecule has 34 heavy (non-hydrogen) atoms. The van der Waals surface area contributed by atoms with E-state index in [-0.39, 0.29) is 27.7 Å². The molecule has 2 aliphatic rings. The lowest BCUT2D eigenvalue weighted by Crippen LogP contribution is -2.56. The number of alkyl halides is 2. The third kappa shape index (κ3) is 6.01. The first-order valence-electron chi connectivity index (χ1n) is 11.4. The molecule has 2 N–H and O–H groups in total. The van der Waals surface area contributed by atoms with Gasteiger partial charge in [0.1, 0.15) is 0 Å². The molecule has 184 valence electrons. The first-order chi connectivity index (χ1) is 16.3. The minimum absolute atomic E-state index is 0.0354. The predicted molar refractivity (Wildman–Crippen MR) is 134 cm³/mol. The zero-order valence-corrected chi connectivity index (χ0v) is 21.1. The van der Waals surface area contributed by atoms with Crippen LogP contribution in [0.15, 0.2) is 53.7 Å². The molecule has 0 radical (unpaired) electrons. The highest BCUT2D eigenvalue weighted by Crippen LogP contribution is 2.32. The monoisotopic (exact) mass is 525 g/mol. The quantitative estimate of drug-likeness (QED) is 0.563. The number of hydrogen-bond acceptors (Lipinski definition) is 5. The van der Waals surface area contributed by atoms with Gasteiger partial charge in [0.15, 0.2) is 0 Å². The van der Waals surface area contributed by atoms with Crippen LogP contribution in [-0.2, 0) is 16.6 Å². The van der Waals surface area contributed by atoms with Gasteiger partial charge in [0.2, 0.25) is 10.0 Å². The van der Waals surface area contributed by atoms with Crippen molar-refractivity contribution in [2.24, 2.45) is 0 Å². The van der Waals surface area contributed by atoms with Gasteiger partial charge in [0.05, 0.1) is 15.6 Å². The molecular formula is C23H29Cl2N5O3S. The highest BCUT2D eigenvalue weighted by atomic mass is 35.5. The molecule has 4 rings (SSSR count).